The molecule has 0 atom stereocenters. The van der Waals surface area contributed by atoms with Crippen LogP contribution in [0, 0.1) is 0 Å². The minimum atomic E-state index is -0.477. The van der Waals surface area contributed by atoms with Crippen molar-refractivity contribution in [1.82, 2.24) is 4.90 Å². The van der Waals surface area contributed by atoms with E-state index in [2.05, 4.69) is 45.0 Å². The van der Waals surface area contributed by atoms with Crippen molar-refractivity contribution >= 4 is 17.8 Å². The smallest absolute Gasteiger partial charge is 0.246 e. The Hall–Kier alpha value is -2.88. The predicted molar refractivity (Wildman–Crippen MR) is 119 cm³/mol. The van der Waals surface area contributed by atoms with Crippen LogP contribution in [0.2, 0.25) is 0 Å². The monoisotopic (exact) mass is 403 g/mol. The minimum absolute atomic E-state index is 0.00674. The number of benzene rings is 2. The lowest BCUT2D eigenvalue weighted by Gasteiger charge is -2.43. The lowest BCUT2D eigenvalue weighted by atomic mass is 9.82. The average molecular weight is 404 g/mol. The highest BCUT2D eigenvalue weighted by molar-refractivity contribution is 6.00. The van der Waals surface area contributed by atoms with Gasteiger partial charge in [0.15, 0.2) is 5.78 Å². The summed E-state index contributed by atoms with van der Waals surface area (Å²) in [6.07, 6.45) is 5.25. The van der Waals surface area contributed by atoms with E-state index in [1.807, 2.05) is 35.2 Å². The number of carbonyl (C=O) groups is 2. The summed E-state index contributed by atoms with van der Waals surface area (Å²) in [5, 5.41) is 0. The Kier molecular flexibility index (Phi) is 5.27. The maximum Gasteiger partial charge on any atom is 0.246 e. The molecular weight excluding hydrogens is 374 g/mol. The molecular formula is C26H29NO3. The summed E-state index contributed by atoms with van der Waals surface area (Å²) in [5.74, 6) is 0.814. The van der Waals surface area contributed by atoms with Gasteiger partial charge in [-0.2, -0.15) is 0 Å². The number of hydrogen-bond donors (Lipinski definition) is 0. The molecule has 2 aromatic carbocycles. The van der Waals surface area contributed by atoms with Crippen LogP contribution in [0.5, 0.6) is 5.75 Å². The number of ketones is 1. The number of amides is 1. The summed E-state index contributed by atoms with van der Waals surface area (Å²) in [5.41, 5.74) is 2.60. The number of carbonyl (C=O) groups excluding carboxylic acids is 2. The van der Waals surface area contributed by atoms with Crippen LogP contribution in [0.3, 0.4) is 0 Å². The molecule has 0 bridgehead atoms. The first-order valence-electron chi connectivity index (χ1n) is 10.6. The molecule has 1 amide bonds. The highest BCUT2D eigenvalue weighted by Crippen LogP contribution is 2.39. The van der Waals surface area contributed by atoms with Crippen LogP contribution in [0.1, 0.15) is 61.5 Å². The molecule has 0 saturated carbocycles. The van der Waals surface area contributed by atoms with Gasteiger partial charge in [-0.25, -0.2) is 0 Å². The number of likely N-dealkylation sites (tertiary alicyclic amines) is 1. The number of ether oxygens (including phenoxy) is 1. The number of Topliss-reactive ketones (excluding diaryl/α,β-unsaturated/α-hetero) is 1. The molecule has 1 fully saturated rings. The average Bonchev–Trinajstić information content (AvgIpc) is 2.72. The zero-order chi connectivity index (χ0) is 21.4. The molecule has 0 N–H and O–H groups in total. The standard InChI is InChI=1S/C26H29NO3/c1-25(2,3)20-11-8-19(9-12-20)10-13-24(29)27-16-14-26(15-17-27)18-22(28)21-6-4-5-7-23(21)30-26/h4-13H,14-18H2,1-3H3/b13-10+. The van der Waals surface area contributed by atoms with Gasteiger partial charge in [0.1, 0.15) is 11.4 Å². The van der Waals surface area contributed by atoms with E-state index in [-0.39, 0.29) is 17.1 Å². The molecule has 2 aliphatic heterocycles. The van der Waals surface area contributed by atoms with Crippen molar-refractivity contribution in [2.45, 2.75) is 51.0 Å². The lowest BCUT2D eigenvalue weighted by molar-refractivity contribution is -0.129. The Morgan fingerprint density at radius 1 is 1.03 bits per heavy atom. The fourth-order valence-electron chi connectivity index (χ4n) is 4.22. The normalized spacial score (nSPS) is 18.4. The molecule has 2 aliphatic rings. The van der Waals surface area contributed by atoms with Crippen molar-refractivity contribution in [3.05, 3.63) is 71.3 Å². The maximum atomic E-state index is 12.7. The SMILES string of the molecule is CC(C)(C)c1ccc(/C=C/C(=O)N2CCC3(CC2)CC(=O)c2ccccc2O3)cc1. The molecule has 1 saturated heterocycles. The van der Waals surface area contributed by atoms with Gasteiger partial charge in [0, 0.05) is 32.0 Å². The molecule has 0 aromatic heterocycles. The first-order valence-corrected chi connectivity index (χ1v) is 10.6. The van der Waals surface area contributed by atoms with Crippen LogP contribution in [-0.2, 0) is 10.2 Å². The van der Waals surface area contributed by atoms with E-state index in [9.17, 15) is 9.59 Å². The van der Waals surface area contributed by atoms with E-state index in [0.29, 0.717) is 43.7 Å². The highest BCUT2D eigenvalue weighted by atomic mass is 16.5. The van der Waals surface area contributed by atoms with Gasteiger partial charge in [-0.05, 0) is 34.8 Å². The van der Waals surface area contributed by atoms with E-state index < -0.39 is 5.60 Å². The molecule has 0 unspecified atom stereocenters. The summed E-state index contributed by atoms with van der Waals surface area (Å²) in [6.45, 7) is 7.76. The molecule has 2 heterocycles. The van der Waals surface area contributed by atoms with Crippen molar-refractivity contribution < 1.29 is 14.3 Å². The van der Waals surface area contributed by atoms with Crippen LogP contribution >= 0.6 is 0 Å². The quantitative estimate of drug-likeness (QED) is 0.661. The third-order valence-electron chi connectivity index (χ3n) is 6.18. The number of para-hydroxylation sites is 1. The Labute approximate surface area is 178 Å². The zero-order valence-corrected chi connectivity index (χ0v) is 18.0. The molecule has 1 spiro atoms. The fourth-order valence-corrected chi connectivity index (χ4v) is 4.22. The van der Waals surface area contributed by atoms with Crippen molar-refractivity contribution in [3.63, 3.8) is 0 Å². The molecule has 0 radical (unpaired) electrons. The summed E-state index contributed by atoms with van der Waals surface area (Å²) in [4.78, 5) is 27.1. The molecule has 2 aromatic rings. The lowest BCUT2D eigenvalue weighted by Crippen LogP contribution is -2.52. The number of nitrogens with zero attached hydrogens (tertiary/aromatic N) is 1. The Morgan fingerprint density at radius 2 is 1.70 bits per heavy atom. The second-order valence-corrected chi connectivity index (χ2v) is 9.41. The Balaban J connectivity index is 1.37. The largest absolute Gasteiger partial charge is 0.486 e. The van der Waals surface area contributed by atoms with E-state index in [1.165, 1.54) is 5.56 Å². The van der Waals surface area contributed by atoms with Gasteiger partial charge in [0.25, 0.3) is 0 Å². The van der Waals surface area contributed by atoms with Crippen LogP contribution in [0.25, 0.3) is 6.08 Å². The van der Waals surface area contributed by atoms with Crippen LogP contribution < -0.4 is 4.74 Å². The summed E-state index contributed by atoms with van der Waals surface area (Å²) < 4.78 is 6.25. The molecule has 30 heavy (non-hydrogen) atoms. The third kappa shape index (κ3) is 4.18. The Bertz CT molecular complexity index is 974. The number of rotatable bonds is 2. The number of piperidine rings is 1. The second kappa shape index (κ2) is 7.75. The van der Waals surface area contributed by atoms with Crippen molar-refractivity contribution in [1.29, 1.82) is 0 Å². The van der Waals surface area contributed by atoms with Gasteiger partial charge < -0.3 is 9.64 Å². The molecule has 4 heteroatoms. The fraction of sp³-hybridized carbons (Fsp3) is 0.385. The van der Waals surface area contributed by atoms with Crippen LogP contribution in [-0.4, -0.2) is 35.3 Å². The second-order valence-electron chi connectivity index (χ2n) is 9.41. The van der Waals surface area contributed by atoms with Gasteiger partial charge in [0.2, 0.25) is 5.91 Å². The van der Waals surface area contributed by atoms with Gasteiger partial charge >= 0.3 is 0 Å². The van der Waals surface area contributed by atoms with E-state index in [0.717, 1.165) is 5.56 Å². The summed E-state index contributed by atoms with van der Waals surface area (Å²) in [7, 11) is 0. The summed E-state index contributed by atoms with van der Waals surface area (Å²) >= 11 is 0. The van der Waals surface area contributed by atoms with Gasteiger partial charge in [0.05, 0.1) is 12.0 Å². The van der Waals surface area contributed by atoms with Crippen molar-refractivity contribution in [3.8, 4) is 5.75 Å². The van der Waals surface area contributed by atoms with Crippen LogP contribution in [0.4, 0.5) is 0 Å². The first kappa shape index (κ1) is 20.4. The first-order chi connectivity index (χ1) is 14.3. The molecule has 156 valence electrons. The van der Waals surface area contributed by atoms with Gasteiger partial charge in [-0.1, -0.05) is 57.2 Å². The van der Waals surface area contributed by atoms with Gasteiger partial charge in [-0.3, -0.25) is 9.59 Å². The van der Waals surface area contributed by atoms with Gasteiger partial charge in [-0.15, -0.1) is 0 Å². The molecule has 4 nitrogen and oxygen atoms in total. The van der Waals surface area contributed by atoms with E-state index >= 15 is 0 Å². The van der Waals surface area contributed by atoms with Crippen molar-refractivity contribution in [2.24, 2.45) is 0 Å². The van der Waals surface area contributed by atoms with E-state index in [4.69, 9.17) is 4.74 Å². The molecule has 0 aliphatic carbocycles. The third-order valence-corrected chi connectivity index (χ3v) is 6.18. The number of fused-ring (bicyclic) bond motifs is 1. The number of hydrogen-bond acceptors (Lipinski definition) is 3. The highest BCUT2D eigenvalue weighted by Gasteiger charge is 2.43. The minimum Gasteiger partial charge on any atom is -0.486 e. The maximum absolute atomic E-state index is 12.7. The summed E-state index contributed by atoms with van der Waals surface area (Å²) in [6, 6.07) is 15.8. The predicted octanol–water partition coefficient (Wildman–Crippen LogP) is 5.02. The molecule has 4 rings (SSSR count). The van der Waals surface area contributed by atoms with Crippen LogP contribution in [0.15, 0.2) is 54.6 Å². The topological polar surface area (TPSA) is 46.6 Å². The van der Waals surface area contributed by atoms with Crippen molar-refractivity contribution in [2.75, 3.05) is 13.1 Å². The Morgan fingerprint density at radius 3 is 2.37 bits per heavy atom. The van der Waals surface area contributed by atoms with E-state index in [1.54, 1.807) is 6.08 Å². The zero-order valence-electron chi connectivity index (χ0n) is 18.0.